The van der Waals surface area contributed by atoms with Gasteiger partial charge in [0.15, 0.2) is 52.0 Å². The number of hydrogen-bond donors (Lipinski definition) is 22. The van der Waals surface area contributed by atoms with E-state index in [-0.39, 0.29) is 128 Å². The predicted octanol–water partition coefficient (Wildman–Crippen LogP) is 0.608. The van der Waals surface area contributed by atoms with Gasteiger partial charge in [-0.1, -0.05) is 73.8 Å². The number of likely N-dealkylation sites (N-methyl/N-ethyl adjacent to an activating group) is 1. The zero-order valence-corrected chi connectivity index (χ0v) is 76.8. The van der Waals surface area contributed by atoms with Crippen LogP contribution in [0.2, 0.25) is 10.0 Å². The van der Waals surface area contributed by atoms with Gasteiger partial charge in [0.25, 0.3) is 6.01 Å². The molecule has 0 saturated carbocycles. The molecule has 0 aliphatic carbocycles. The van der Waals surface area contributed by atoms with Crippen LogP contribution in [0, 0.1) is 5.92 Å². The quantitative estimate of drug-likeness (QED) is 0.0203. The van der Waals surface area contributed by atoms with Crippen LogP contribution in [-0.4, -0.2) is 288 Å². The number of nitrogen functional groups attached to an aromatic ring is 1. The van der Waals surface area contributed by atoms with E-state index < -0.39 is 242 Å². The molecule has 8 aromatic rings. The van der Waals surface area contributed by atoms with Gasteiger partial charge in [-0.2, -0.15) is 15.0 Å². The fourth-order valence-corrected chi connectivity index (χ4v) is 16.8. The van der Waals surface area contributed by atoms with Gasteiger partial charge in [0, 0.05) is 35.7 Å². The minimum Gasteiger partial charge on any atom is -0.508 e. The van der Waals surface area contributed by atoms with E-state index in [1.807, 2.05) is 20.8 Å². The van der Waals surface area contributed by atoms with Gasteiger partial charge in [0.2, 0.25) is 53.4 Å². The maximum atomic E-state index is 16.3. The van der Waals surface area contributed by atoms with Gasteiger partial charge < -0.3 is 163 Å². The lowest BCUT2D eigenvalue weighted by molar-refractivity contribution is -0.334. The number of fused-ring (bicyclic) bond motifs is 16. The first-order chi connectivity index (χ1) is 65.3. The summed E-state index contributed by atoms with van der Waals surface area (Å²) in [6.07, 6.45) is -16.2. The first-order valence-electron chi connectivity index (χ1n) is 43.5. The monoisotopic (exact) mass is 1970 g/mol. The third kappa shape index (κ3) is 24.0. The highest BCUT2D eigenvalue weighted by Crippen LogP contribution is 2.50. The van der Waals surface area contributed by atoms with Gasteiger partial charge >= 0.3 is 12.0 Å². The molecule has 10 heterocycles. The van der Waals surface area contributed by atoms with Crippen LogP contribution in [-0.2, 0) is 79.9 Å². The average molecular weight is 1970 g/mol. The van der Waals surface area contributed by atoms with Gasteiger partial charge in [0.05, 0.1) is 106 Å². The number of phenolic OH excluding ortho intramolecular Hbond substituents is 3. The lowest BCUT2D eigenvalue weighted by atomic mass is 9.85. The number of aliphatic hydroxyl groups is 6. The SMILES string of the molecule is CCCCOc1nc(N)c2nc(O)n(Cc3cn(CCOCCOCCOCCNC(=S)N[C@@]4(C)CC(O[C@H]5[C@H](Oc6c7cc8cc6Oc6ccc(cc6Cl)[C@@H](O)[C@@H](NC(=O)[C@@H](CC(C)C)NC)C(=O)N[C@@H](CC(N)=O)C(=O)N[C@H]8C(=O)N[C@H]6C(=O)N[C@H](C(=O)N[C@H](C(=O)O)c8cc(O)cc(O)c8-c8cc6ccc8O)[C@H](O)c6ccc(c(Cl)c6)O7)OC(CO)[C@@H](O)[C@@H]5O)O[C@@H](C)[C@H]4O)nn3)c2n1. The van der Waals surface area contributed by atoms with Crippen LogP contribution >= 0.6 is 35.4 Å². The number of carboxylic acids is 1. The molecule has 0 radical (unpaired) electrons. The molecule has 7 aliphatic rings. The summed E-state index contributed by atoms with van der Waals surface area (Å²) in [7, 11) is 1.47. The largest absolute Gasteiger partial charge is 0.508 e. The number of aliphatic carboxylic acids is 1. The van der Waals surface area contributed by atoms with Crippen molar-refractivity contribution in [3.8, 4) is 69.1 Å². The number of aromatic nitrogens is 7. The summed E-state index contributed by atoms with van der Waals surface area (Å²) in [5.41, 5.74) is 8.42. The average Bonchev–Trinajstić information content (AvgIpc) is 1.02. The molecule has 18 atom stereocenters. The number of primary amides is 1. The number of rotatable bonds is 32. The van der Waals surface area contributed by atoms with Crippen LogP contribution in [0.4, 0.5) is 5.82 Å². The number of imidazole rings is 1. The molecule has 137 heavy (non-hydrogen) atoms. The number of carbonyl (C=O) groups is 8. The molecule has 7 amide bonds. The Morgan fingerprint density at radius 1 is 0.730 bits per heavy atom. The standard InChI is InChI=1S/C87H106Cl2N18O29S/c1-7-8-17-130-84-101-74(91)66-75(102-84)107(86(126)100-66)35-43-34-106(105-104-43)16-19-128-21-23-129-22-20-127-18-15-93-85(137)103-87(5)33-59(131-38(4)73(87)117)135-72-70(116)69(115)57(36-108)134-83(72)136-71-55-28-42-29-56(71)133-54-14-11-41(27-48(54)89)68(114)65-81(123)97-63(82(124)125)46-30-44(109)31-52(111)60(46)45-25-39(9-12-51(45)110)61(78(120)99-65)96-79(121)62(42)95-77(119)50(32-58(90)112)94-80(122)64(98-76(118)49(92-6)24-37(2)3)67(113)40-10-13-53(132-55)47(88)26-40/h9-14,25-31,34,37-38,49-50,57,59,61-65,67-70,72-73,83,92,108-111,113-117H,7-8,15-24,32-33,35-36H2,1-6H3,(H2,90,112)(H,94,122)(H,95,119)(H,96,121)(H,97,123)(H,98,118)(H,99,120)(H,100,126)(H,124,125)(H2,91,101,102)(H2,93,103,137)/t38-,49+,50-,57?,59?,61+,62+,63-,64+,65-,67+,68+,69+,70-,72+,73+,83-,87-/m0/s1. The summed E-state index contributed by atoms with van der Waals surface area (Å²) in [6, 6.07) is -1.31. The summed E-state index contributed by atoms with van der Waals surface area (Å²) >= 11 is 20.1. The highest BCUT2D eigenvalue weighted by Gasteiger charge is 2.53. The Labute approximate surface area is 795 Å². The van der Waals surface area contributed by atoms with Gasteiger partial charge in [-0.25, -0.2) is 9.48 Å². The fraction of sp³-hybridized carbons (Fsp3) is 0.471. The van der Waals surface area contributed by atoms with Crippen LogP contribution in [0.5, 0.6) is 58.0 Å². The van der Waals surface area contributed by atoms with Crippen molar-refractivity contribution in [2.75, 3.05) is 72.2 Å². The molecular formula is C87H106Cl2N18O29S. The number of ether oxygens (including phenoxy) is 10. The molecule has 0 spiro atoms. The second-order valence-electron chi connectivity index (χ2n) is 33.6. The Bertz CT molecular complexity index is 5790. The molecular weight excluding hydrogens is 1860 g/mol. The molecule has 50 heteroatoms. The molecule has 7 aliphatic heterocycles. The molecule has 24 N–H and O–H groups in total. The van der Waals surface area contributed by atoms with Crippen molar-refractivity contribution >= 4 is 105 Å². The smallest absolute Gasteiger partial charge is 0.330 e. The summed E-state index contributed by atoms with van der Waals surface area (Å²) in [5.74, 6) is -16.4. The van der Waals surface area contributed by atoms with E-state index in [1.165, 1.54) is 30.7 Å². The van der Waals surface area contributed by atoms with E-state index in [1.54, 1.807) is 17.8 Å². The summed E-state index contributed by atoms with van der Waals surface area (Å²) in [6.45, 7) is 9.91. The molecule has 2 unspecified atom stereocenters. The maximum Gasteiger partial charge on any atom is 0.330 e. The van der Waals surface area contributed by atoms with E-state index in [4.69, 9.17) is 94.3 Å². The molecule has 3 aromatic heterocycles. The highest BCUT2D eigenvalue weighted by atomic mass is 35.5. The number of hydrogen-bond acceptors (Lipinski definition) is 36. The predicted molar refractivity (Wildman–Crippen MR) is 482 cm³/mol. The number of halogens is 2. The van der Waals surface area contributed by atoms with Crippen LogP contribution in [0.25, 0.3) is 22.3 Å². The lowest BCUT2D eigenvalue weighted by Gasteiger charge is -2.48. The van der Waals surface area contributed by atoms with Gasteiger partial charge in [-0.15, -0.1) is 5.10 Å². The summed E-state index contributed by atoms with van der Waals surface area (Å²) in [4.78, 5) is 131. The minimum atomic E-state index is -2.39. The number of carbonyl (C=O) groups excluding carboxylic acids is 7. The normalized spacial score (nSPS) is 24.8. The van der Waals surface area contributed by atoms with Crippen molar-refractivity contribution in [1.29, 1.82) is 0 Å². The van der Waals surface area contributed by atoms with Crippen molar-refractivity contribution in [3.05, 3.63) is 129 Å². The van der Waals surface area contributed by atoms with E-state index in [9.17, 15) is 70.6 Å². The Kier molecular flexibility index (Phi) is 33.3. The van der Waals surface area contributed by atoms with Crippen LogP contribution in [0.1, 0.15) is 131 Å². The summed E-state index contributed by atoms with van der Waals surface area (Å²) in [5, 5.41) is 159. The number of phenols is 3. The van der Waals surface area contributed by atoms with Crippen molar-refractivity contribution in [1.82, 2.24) is 82.4 Å². The molecule has 5 aromatic carbocycles. The molecule has 15 rings (SSSR count). The number of nitrogens with zero attached hydrogens (tertiary/aromatic N) is 7. The summed E-state index contributed by atoms with van der Waals surface area (Å²) < 4.78 is 65.3. The lowest BCUT2D eigenvalue weighted by Crippen LogP contribution is -2.67. The number of aromatic hydroxyl groups is 4. The maximum absolute atomic E-state index is 16.3. The number of unbranched alkanes of at least 4 members (excludes halogenated alkanes) is 1. The number of carboxylic acid groups (broad SMARTS) is 1. The molecule has 2 saturated heterocycles. The third-order valence-corrected chi connectivity index (χ3v) is 23.9. The number of amides is 7. The fourth-order valence-electron chi connectivity index (χ4n) is 16.0. The highest BCUT2D eigenvalue weighted by molar-refractivity contribution is 7.80. The van der Waals surface area contributed by atoms with Gasteiger partial charge in [-0.05, 0) is 129 Å². The Balaban J connectivity index is 0.787. The van der Waals surface area contributed by atoms with E-state index in [0.29, 0.717) is 18.8 Å². The number of nitrogens with two attached hydrogens (primary N) is 2. The second-order valence-corrected chi connectivity index (χ2v) is 34.8. The zero-order chi connectivity index (χ0) is 98.7. The van der Waals surface area contributed by atoms with E-state index in [2.05, 4.69) is 73.1 Å². The van der Waals surface area contributed by atoms with Crippen molar-refractivity contribution in [2.24, 2.45) is 11.7 Å². The minimum absolute atomic E-state index is 0.0307. The van der Waals surface area contributed by atoms with E-state index >= 15 is 24.0 Å². The number of aliphatic hydroxyl groups excluding tert-OH is 6. The first kappa shape index (κ1) is 102. The van der Waals surface area contributed by atoms with Crippen LogP contribution < -0.4 is 78.3 Å². The number of benzene rings is 5. The van der Waals surface area contributed by atoms with Crippen LogP contribution in [0.15, 0.2) is 85.1 Å². The Morgan fingerprint density at radius 2 is 1.38 bits per heavy atom. The number of nitrogens with one attached hydrogen (secondary N) is 9. The Hall–Kier alpha value is -12.5. The third-order valence-electron chi connectivity index (χ3n) is 23.1. The first-order valence-corrected chi connectivity index (χ1v) is 44.7. The van der Waals surface area contributed by atoms with Crippen molar-refractivity contribution < 1.29 is 142 Å². The van der Waals surface area contributed by atoms with Gasteiger partial charge in [0.1, 0.15) is 101 Å². The second kappa shape index (κ2) is 44.8. The number of thiocarbonyl (C=S) groups is 1. The molecule has 47 nitrogen and oxygen atoms in total. The number of anilines is 1. The van der Waals surface area contributed by atoms with Crippen LogP contribution in [0.3, 0.4) is 0 Å². The molecule has 2 fully saturated rings. The van der Waals surface area contributed by atoms with Crippen molar-refractivity contribution in [3.63, 3.8) is 0 Å². The van der Waals surface area contributed by atoms with Gasteiger partial charge in [-0.3, -0.25) is 38.1 Å². The molecule has 738 valence electrons. The van der Waals surface area contributed by atoms with E-state index in [0.717, 1.165) is 79.6 Å². The Morgan fingerprint density at radius 3 is 2.03 bits per heavy atom. The zero-order valence-electron chi connectivity index (χ0n) is 74.5. The molecule has 11 bridgehead atoms. The van der Waals surface area contributed by atoms with Crippen molar-refractivity contribution in [2.45, 2.75) is 189 Å². The topological polar surface area (TPSA) is 686 Å².